The van der Waals surface area contributed by atoms with E-state index in [0.717, 1.165) is 0 Å². The van der Waals surface area contributed by atoms with Crippen molar-refractivity contribution in [1.82, 2.24) is 20.8 Å². The molecule has 1 aromatic rings. The first-order chi connectivity index (χ1) is 11.5. The number of hydroxylamine groups is 4. The summed E-state index contributed by atoms with van der Waals surface area (Å²) < 4.78 is 0. The van der Waals surface area contributed by atoms with Gasteiger partial charge < -0.3 is 20.3 Å². The molecule has 0 saturated heterocycles. The van der Waals surface area contributed by atoms with Crippen LogP contribution >= 0.6 is 0 Å². The number of carbonyl (C=O) groups excluding carboxylic acids is 2. The van der Waals surface area contributed by atoms with Crippen molar-refractivity contribution < 1.29 is 19.3 Å². The molecule has 0 aliphatic rings. The zero-order valence-corrected chi connectivity index (χ0v) is 14.7. The molecule has 0 aliphatic heterocycles. The van der Waals surface area contributed by atoms with Gasteiger partial charge in [0.25, 0.3) is 0 Å². The minimum absolute atomic E-state index is 0.367. The van der Waals surface area contributed by atoms with Crippen LogP contribution in [0.5, 0.6) is 0 Å². The van der Waals surface area contributed by atoms with Gasteiger partial charge in [-0.05, 0) is 38.4 Å². The summed E-state index contributed by atoms with van der Waals surface area (Å²) in [5, 5.41) is 8.85. The molecule has 2 N–H and O–H groups in total. The predicted molar refractivity (Wildman–Crippen MR) is 90.4 cm³/mol. The topological polar surface area (TPSA) is 83.1 Å². The van der Waals surface area contributed by atoms with E-state index in [9.17, 15) is 9.59 Å². The van der Waals surface area contributed by atoms with E-state index in [2.05, 4.69) is 10.6 Å². The number of likely N-dealkylation sites (N-methyl/N-ethyl adjacent to an activating group) is 4. The van der Waals surface area contributed by atoms with Gasteiger partial charge in [0.2, 0.25) is 0 Å². The van der Waals surface area contributed by atoms with E-state index in [1.165, 1.54) is 10.1 Å². The quantitative estimate of drug-likeness (QED) is 0.583. The molecule has 0 aliphatic carbocycles. The highest BCUT2D eigenvalue weighted by atomic mass is 16.7. The van der Waals surface area contributed by atoms with Gasteiger partial charge in [0.15, 0.2) is 0 Å². The summed E-state index contributed by atoms with van der Waals surface area (Å²) in [5.41, 5.74) is 0.734. The first-order valence-corrected chi connectivity index (χ1v) is 7.74. The lowest BCUT2D eigenvalue weighted by Crippen LogP contribution is -2.30. The van der Waals surface area contributed by atoms with Crippen molar-refractivity contribution >= 4 is 11.9 Å². The standard InChI is InChI=1S/C16H26N4O4/c1-17-9-11-19(3)23-15(21)13-5-7-14(8-6-13)16(22)24-20(4)12-10-18-2/h5-8,17-18H,9-12H2,1-4H3. The molecule has 0 unspecified atom stereocenters. The molecule has 0 bridgehead atoms. The Bertz CT molecular complexity index is 474. The third-order valence-electron chi connectivity index (χ3n) is 3.19. The Morgan fingerprint density at radius 3 is 1.46 bits per heavy atom. The molecule has 0 heterocycles. The average molecular weight is 338 g/mol. The highest BCUT2D eigenvalue weighted by molar-refractivity contribution is 5.93. The van der Waals surface area contributed by atoms with Crippen LogP contribution in [-0.2, 0) is 9.68 Å². The van der Waals surface area contributed by atoms with Gasteiger partial charge in [0, 0.05) is 40.3 Å². The molecule has 1 aromatic carbocycles. The first kappa shape index (κ1) is 20.0. The van der Waals surface area contributed by atoms with Gasteiger partial charge in [-0.2, -0.15) is 0 Å². The zero-order valence-electron chi connectivity index (χ0n) is 14.7. The molecule has 0 aromatic heterocycles. The zero-order chi connectivity index (χ0) is 17.9. The fraction of sp³-hybridized carbons (Fsp3) is 0.500. The number of benzene rings is 1. The lowest BCUT2D eigenvalue weighted by molar-refractivity contribution is -0.0897. The third-order valence-corrected chi connectivity index (χ3v) is 3.19. The Morgan fingerprint density at radius 1 is 0.833 bits per heavy atom. The smallest absolute Gasteiger partial charge is 0.357 e. The second-order valence-corrected chi connectivity index (χ2v) is 5.24. The molecule has 0 amide bonds. The Labute approximate surface area is 142 Å². The van der Waals surface area contributed by atoms with E-state index in [-0.39, 0.29) is 0 Å². The summed E-state index contributed by atoms with van der Waals surface area (Å²) in [6.45, 7) is 2.56. The van der Waals surface area contributed by atoms with Crippen molar-refractivity contribution in [2.75, 3.05) is 54.4 Å². The van der Waals surface area contributed by atoms with Crippen molar-refractivity contribution in [2.45, 2.75) is 0 Å². The summed E-state index contributed by atoms with van der Waals surface area (Å²) in [7, 11) is 7.01. The van der Waals surface area contributed by atoms with E-state index in [0.29, 0.717) is 37.3 Å². The van der Waals surface area contributed by atoms with Crippen LogP contribution in [0.1, 0.15) is 20.7 Å². The van der Waals surface area contributed by atoms with E-state index in [1.807, 2.05) is 14.1 Å². The second-order valence-electron chi connectivity index (χ2n) is 5.24. The van der Waals surface area contributed by atoms with E-state index < -0.39 is 11.9 Å². The molecule has 134 valence electrons. The maximum absolute atomic E-state index is 12.0. The minimum Gasteiger partial charge on any atom is -0.364 e. The SMILES string of the molecule is CNCCN(C)OC(=O)c1ccc(C(=O)ON(C)CCNC)cc1. The van der Waals surface area contributed by atoms with Gasteiger partial charge in [-0.1, -0.05) is 0 Å². The van der Waals surface area contributed by atoms with Crippen molar-refractivity contribution in [3.8, 4) is 0 Å². The predicted octanol–water partition coefficient (Wildman–Crippen LogP) is 0.133. The summed E-state index contributed by atoms with van der Waals surface area (Å²) in [6, 6.07) is 6.16. The summed E-state index contributed by atoms with van der Waals surface area (Å²) in [6.07, 6.45) is 0. The van der Waals surface area contributed by atoms with Crippen LogP contribution < -0.4 is 10.6 Å². The van der Waals surface area contributed by atoms with Crippen LogP contribution in [0, 0.1) is 0 Å². The van der Waals surface area contributed by atoms with Gasteiger partial charge in [-0.15, -0.1) is 10.1 Å². The Kier molecular flexibility index (Phi) is 8.95. The van der Waals surface area contributed by atoms with Crippen molar-refractivity contribution in [3.63, 3.8) is 0 Å². The second kappa shape index (κ2) is 10.7. The van der Waals surface area contributed by atoms with E-state index >= 15 is 0 Å². The fourth-order valence-electron chi connectivity index (χ4n) is 1.76. The van der Waals surface area contributed by atoms with Gasteiger partial charge in [0.05, 0.1) is 11.1 Å². The minimum atomic E-state index is -0.473. The van der Waals surface area contributed by atoms with Crippen LogP contribution in [0.4, 0.5) is 0 Å². The molecule has 0 radical (unpaired) electrons. The van der Waals surface area contributed by atoms with E-state index in [1.54, 1.807) is 38.4 Å². The Morgan fingerprint density at radius 2 is 1.17 bits per heavy atom. The first-order valence-electron chi connectivity index (χ1n) is 7.74. The molecule has 1 rings (SSSR count). The lowest BCUT2D eigenvalue weighted by atomic mass is 10.1. The molecule has 24 heavy (non-hydrogen) atoms. The molecule has 0 atom stereocenters. The van der Waals surface area contributed by atoms with Gasteiger partial charge in [-0.25, -0.2) is 9.59 Å². The summed E-state index contributed by atoms with van der Waals surface area (Å²) >= 11 is 0. The molecule has 0 fully saturated rings. The molecule has 0 saturated carbocycles. The highest BCUT2D eigenvalue weighted by Gasteiger charge is 2.14. The maximum atomic E-state index is 12.0. The van der Waals surface area contributed by atoms with Crippen LogP contribution in [-0.4, -0.2) is 76.4 Å². The number of hydrogen-bond donors (Lipinski definition) is 2. The van der Waals surface area contributed by atoms with Crippen LogP contribution in [0.15, 0.2) is 24.3 Å². The van der Waals surface area contributed by atoms with Crippen LogP contribution in [0.25, 0.3) is 0 Å². The van der Waals surface area contributed by atoms with Crippen molar-refractivity contribution in [1.29, 1.82) is 0 Å². The maximum Gasteiger partial charge on any atom is 0.357 e. The van der Waals surface area contributed by atoms with Gasteiger partial charge in [0.1, 0.15) is 0 Å². The summed E-state index contributed by atoms with van der Waals surface area (Å²) in [4.78, 5) is 34.3. The van der Waals surface area contributed by atoms with Crippen molar-refractivity contribution in [3.05, 3.63) is 35.4 Å². The lowest BCUT2D eigenvalue weighted by Gasteiger charge is -2.16. The number of carbonyl (C=O) groups is 2. The average Bonchev–Trinajstić information content (AvgIpc) is 2.58. The molecular formula is C16H26N4O4. The van der Waals surface area contributed by atoms with Gasteiger partial charge >= 0.3 is 11.9 Å². The number of hydrogen-bond acceptors (Lipinski definition) is 8. The van der Waals surface area contributed by atoms with Gasteiger partial charge in [-0.3, -0.25) is 0 Å². The fourth-order valence-corrected chi connectivity index (χ4v) is 1.76. The number of nitrogens with one attached hydrogen (secondary N) is 2. The third kappa shape index (κ3) is 7.05. The molecule has 8 heteroatoms. The normalized spacial score (nSPS) is 10.9. The van der Waals surface area contributed by atoms with Crippen molar-refractivity contribution in [2.24, 2.45) is 0 Å². The number of nitrogens with zero attached hydrogens (tertiary/aromatic N) is 2. The molecule has 8 nitrogen and oxygen atoms in total. The highest BCUT2D eigenvalue weighted by Crippen LogP contribution is 2.08. The monoisotopic (exact) mass is 338 g/mol. The van der Waals surface area contributed by atoms with Crippen LogP contribution in [0.3, 0.4) is 0 Å². The molecule has 0 spiro atoms. The largest absolute Gasteiger partial charge is 0.364 e. The van der Waals surface area contributed by atoms with E-state index in [4.69, 9.17) is 9.68 Å². The Hall–Kier alpha value is -2.00. The van der Waals surface area contributed by atoms with Crippen LogP contribution in [0.2, 0.25) is 0 Å². The Balaban J connectivity index is 2.55. The number of rotatable bonds is 10. The summed E-state index contributed by atoms with van der Waals surface area (Å²) in [5.74, 6) is -0.945. The molecular weight excluding hydrogens is 312 g/mol.